The molecule has 35 heavy (non-hydrogen) atoms. The van der Waals surface area contributed by atoms with E-state index in [-0.39, 0.29) is 5.75 Å². The molecule has 0 unspecified atom stereocenters. The number of aromatic amines is 1. The van der Waals surface area contributed by atoms with Crippen molar-refractivity contribution in [2.45, 2.75) is 56.4 Å². The second-order valence-electron chi connectivity index (χ2n) is 9.16. The van der Waals surface area contributed by atoms with Gasteiger partial charge >= 0.3 is 5.97 Å². The van der Waals surface area contributed by atoms with Crippen molar-refractivity contribution >= 4 is 48.7 Å². The van der Waals surface area contributed by atoms with E-state index in [0.29, 0.717) is 45.5 Å². The van der Waals surface area contributed by atoms with Crippen LogP contribution in [0.15, 0.2) is 21.2 Å². The van der Waals surface area contributed by atoms with Gasteiger partial charge < -0.3 is 39.6 Å². The average Bonchev–Trinajstić information content (AvgIpc) is 3.26. The predicted octanol–water partition coefficient (Wildman–Crippen LogP) is 2.78. The minimum Gasteiger partial charge on any atom is -0.491 e. The summed E-state index contributed by atoms with van der Waals surface area (Å²) < 4.78 is 18.6. The molecular weight excluding hydrogens is 590 g/mol. The Morgan fingerprint density at radius 2 is 1.80 bits per heavy atom. The van der Waals surface area contributed by atoms with E-state index in [4.69, 9.17) is 14.2 Å². The highest BCUT2D eigenvalue weighted by Gasteiger charge is 2.50. The number of carboxylic acids is 1. The lowest BCUT2D eigenvalue weighted by molar-refractivity contribution is -0.270. The van der Waals surface area contributed by atoms with Gasteiger partial charge in [0.05, 0.1) is 26.5 Å². The zero-order chi connectivity index (χ0) is 24.9. The standard InChI is InChI=1S/C24H25Br2NO8/c25-13-7-14-16(17(26)21(13)33-9-12-10-5-3-1-2-4-6-11(10)12)15(8-27-14)34-24-20(30)18(28)19(29)22(35-24)23(31)32/h7-8,10-12,18-20,22,24,27-30H,3-6,9H2,(H,31,32)/t10-,11+,12-,18-,19-,20+,22-,24+/m0/s1. The van der Waals surface area contributed by atoms with Crippen molar-refractivity contribution in [3.05, 3.63) is 21.2 Å². The van der Waals surface area contributed by atoms with Gasteiger partial charge in [0.25, 0.3) is 0 Å². The molecule has 9 nitrogen and oxygen atoms in total. The smallest absolute Gasteiger partial charge is 0.335 e. The van der Waals surface area contributed by atoms with Crippen molar-refractivity contribution in [2.24, 2.45) is 17.8 Å². The summed E-state index contributed by atoms with van der Waals surface area (Å²) in [4.78, 5) is 14.5. The predicted molar refractivity (Wildman–Crippen MR) is 131 cm³/mol. The molecule has 3 aliphatic rings. The molecule has 2 aromatic rings. The Hall–Kier alpha value is -1.81. The first-order valence-corrected chi connectivity index (χ1v) is 13.0. The van der Waals surface area contributed by atoms with Crippen molar-refractivity contribution in [2.75, 3.05) is 6.61 Å². The molecular formula is C24H25Br2NO8. The van der Waals surface area contributed by atoms with E-state index in [9.17, 15) is 25.2 Å². The summed E-state index contributed by atoms with van der Waals surface area (Å²) in [7, 11) is 0. The number of carboxylic acid groups (broad SMARTS) is 1. The molecule has 1 aromatic heterocycles. The number of carbonyl (C=O) groups is 1. The number of nitrogens with one attached hydrogen (secondary N) is 1. The van der Waals surface area contributed by atoms with Crippen molar-refractivity contribution < 1.29 is 39.4 Å². The number of halogens is 2. The molecule has 5 N–H and O–H groups in total. The van der Waals surface area contributed by atoms with Crippen LogP contribution in [-0.2, 0) is 9.53 Å². The molecule has 0 bridgehead atoms. The number of hydrogen-bond donors (Lipinski definition) is 5. The lowest BCUT2D eigenvalue weighted by atomic mass is 9.99. The van der Waals surface area contributed by atoms with Gasteiger partial charge in [0.1, 0.15) is 29.8 Å². The minimum atomic E-state index is -1.79. The summed E-state index contributed by atoms with van der Waals surface area (Å²) in [6, 6.07) is 1.84. The summed E-state index contributed by atoms with van der Waals surface area (Å²) in [5.41, 5.74) is 0.692. The van der Waals surface area contributed by atoms with Crippen LogP contribution in [0, 0.1) is 29.6 Å². The van der Waals surface area contributed by atoms with Gasteiger partial charge in [-0.05, 0) is 68.5 Å². The fraction of sp³-hybridized carbons (Fsp3) is 0.542. The van der Waals surface area contributed by atoms with E-state index in [1.165, 1.54) is 6.20 Å². The van der Waals surface area contributed by atoms with Gasteiger partial charge in [-0.25, -0.2) is 4.79 Å². The van der Waals surface area contributed by atoms with Crippen LogP contribution >= 0.6 is 31.9 Å². The SMILES string of the molecule is O=C(O)[C@H]1O[C@@H](Oc2c[nH]c3cc(Br)c(OC[C@@H]4[C@@H]5CCC#CCC[C@@H]54)c(Br)c23)[C@H](O)[C@@H](O)[C@@H]1O. The monoisotopic (exact) mass is 613 g/mol. The molecule has 1 saturated carbocycles. The van der Waals surface area contributed by atoms with Crippen molar-refractivity contribution in [3.63, 3.8) is 0 Å². The highest BCUT2D eigenvalue weighted by Crippen LogP contribution is 2.53. The van der Waals surface area contributed by atoms with Crippen molar-refractivity contribution in [1.29, 1.82) is 0 Å². The maximum atomic E-state index is 11.4. The number of aliphatic hydroxyl groups is 3. The number of hydrogen-bond acceptors (Lipinski definition) is 7. The number of ether oxygens (including phenoxy) is 3. The number of fused-ring (bicyclic) bond motifs is 2. The van der Waals surface area contributed by atoms with Gasteiger partial charge in [-0.15, -0.1) is 11.8 Å². The van der Waals surface area contributed by atoms with Crippen LogP contribution in [0.2, 0.25) is 0 Å². The molecule has 1 aromatic carbocycles. The summed E-state index contributed by atoms with van der Waals surface area (Å²) in [6.07, 6.45) is -2.86. The van der Waals surface area contributed by atoms with Crippen LogP contribution in [0.5, 0.6) is 11.5 Å². The van der Waals surface area contributed by atoms with Gasteiger partial charge in [-0.2, -0.15) is 0 Å². The molecule has 5 rings (SSSR count). The van der Waals surface area contributed by atoms with Gasteiger partial charge in [-0.1, -0.05) is 0 Å². The Labute approximate surface area is 218 Å². The Balaban J connectivity index is 1.35. The Kier molecular flexibility index (Phi) is 7.05. The second-order valence-corrected chi connectivity index (χ2v) is 10.8. The highest BCUT2D eigenvalue weighted by atomic mass is 79.9. The Morgan fingerprint density at radius 3 is 2.46 bits per heavy atom. The molecule has 2 heterocycles. The number of aliphatic carboxylic acids is 1. The van der Waals surface area contributed by atoms with E-state index < -0.39 is 36.7 Å². The summed E-state index contributed by atoms with van der Waals surface area (Å²) in [6.45, 7) is 0.577. The van der Waals surface area contributed by atoms with Gasteiger partial charge in [0.15, 0.2) is 6.10 Å². The third-order valence-corrected chi connectivity index (χ3v) is 8.44. The number of rotatable bonds is 6. The van der Waals surface area contributed by atoms with E-state index >= 15 is 0 Å². The van der Waals surface area contributed by atoms with E-state index in [1.54, 1.807) is 0 Å². The summed E-state index contributed by atoms with van der Waals surface area (Å²) in [5, 5.41) is 40.2. The van der Waals surface area contributed by atoms with E-state index in [1.807, 2.05) is 6.07 Å². The average molecular weight is 615 g/mol. The van der Waals surface area contributed by atoms with Crippen LogP contribution in [0.3, 0.4) is 0 Å². The topological polar surface area (TPSA) is 141 Å². The zero-order valence-electron chi connectivity index (χ0n) is 18.5. The van der Waals surface area contributed by atoms with Crippen LogP contribution in [-0.4, -0.2) is 68.7 Å². The lowest BCUT2D eigenvalue weighted by Crippen LogP contribution is -2.61. The minimum absolute atomic E-state index is 0.256. The first-order chi connectivity index (χ1) is 16.8. The molecule has 0 radical (unpaired) electrons. The molecule has 0 spiro atoms. The number of aromatic nitrogens is 1. The highest BCUT2D eigenvalue weighted by molar-refractivity contribution is 9.11. The molecule has 0 amide bonds. The molecule has 2 fully saturated rings. The van der Waals surface area contributed by atoms with Crippen LogP contribution in [0.4, 0.5) is 0 Å². The Morgan fingerprint density at radius 1 is 1.11 bits per heavy atom. The normalized spacial score (nSPS) is 34.2. The number of aliphatic hydroxyl groups excluding tert-OH is 3. The molecule has 1 aliphatic heterocycles. The van der Waals surface area contributed by atoms with Crippen molar-refractivity contribution in [3.8, 4) is 23.3 Å². The van der Waals surface area contributed by atoms with Crippen molar-refractivity contribution in [1.82, 2.24) is 4.98 Å². The summed E-state index contributed by atoms with van der Waals surface area (Å²) in [5.74, 6) is 7.59. The lowest BCUT2D eigenvalue weighted by Gasteiger charge is -2.38. The van der Waals surface area contributed by atoms with Gasteiger partial charge in [0, 0.05) is 19.0 Å². The molecule has 188 valence electrons. The first kappa shape index (κ1) is 24.9. The number of H-pyrrole nitrogens is 1. The first-order valence-electron chi connectivity index (χ1n) is 11.4. The maximum Gasteiger partial charge on any atom is 0.335 e. The summed E-state index contributed by atoms with van der Waals surface area (Å²) >= 11 is 7.18. The fourth-order valence-electron chi connectivity index (χ4n) is 5.13. The fourth-order valence-corrected chi connectivity index (χ4v) is 6.68. The van der Waals surface area contributed by atoms with Crippen LogP contribution < -0.4 is 9.47 Å². The molecule has 11 heteroatoms. The van der Waals surface area contributed by atoms with E-state index in [0.717, 1.165) is 30.2 Å². The third kappa shape index (κ3) is 4.68. The van der Waals surface area contributed by atoms with E-state index in [2.05, 4.69) is 48.7 Å². The van der Waals surface area contributed by atoms with Crippen LogP contribution in [0.25, 0.3) is 10.9 Å². The maximum absolute atomic E-state index is 11.4. The third-order valence-electron chi connectivity index (χ3n) is 7.10. The van der Waals surface area contributed by atoms with Gasteiger partial charge in [-0.3, -0.25) is 0 Å². The zero-order valence-corrected chi connectivity index (χ0v) is 21.7. The van der Waals surface area contributed by atoms with Crippen LogP contribution in [0.1, 0.15) is 25.7 Å². The number of benzene rings is 1. The molecule has 2 aliphatic carbocycles. The molecule has 1 saturated heterocycles. The second kappa shape index (κ2) is 9.92. The quantitative estimate of drug-likeness (QED) is 0.313. The van der Waals surface area contributed by atoms with Gasteiger partial charge in [0.2, 0.25) is 6.29 Å². The molecule has 8 atom stereocenters. The largest absolute Gasteiger partial charge is 0.491 e. The Bertz CT molecular complexity index is 1170.